The molecule has 1 aromatic rings. The molecule has 0 aromatic heterocycles. The minimum atomic E-state index is 0.448. The minimum absolute atomic E-state index is 0.448. The van der Waals surface area contributed by atoms with E-state index in [1.165, 1.54) is 29.5 Å². The first kappa shape index (κ1) is 14.4. The molecule has 0 aliphatic heterocycles. The van der Waals surface area contributed by atoms with Gasteiger partial charge in [-0.2, -0.15) is 0 Å². The summed E-state index contributed by atoms with van der Waals surface area (Å²) < 4.78 is 5.36. The molecule has 2 N–H and O–H groups in total. The van der Waals surface area contributed by atoms with E-state index >= 15 is 0 Å². The molecule has 0 heterocycles. The molecule has 0 bridgehead atoms. The number of hydrogen-bond donors (Lipinski definition) is 1. The van der Waals surface area contributed by atoms with E-state index in [0.29, 0.717) is 6.04 Å². The van der Waals surface area contributed by atoms with E-state index in [1.807, 2.05) is 0 Å². The van der Waals surface area contributed by atoms with Gasteiger partial charge in [-0.25, -0.2) is 0 Å². The highest BCUT2D eigenvalue weighted by Crippen LogP contribution is 2.28. The standard InChI is InChI=1S/C16H26N2O/c1-11-12(2)16(19-4)6-5-14(11)10-18(3)9-13-7-15(17)8-13/h5-6,13,15H,7-10,17H2,1-4H3. The van der Waals surface area contributed by atoms with Crippen LogP contribution in [0.1, 0.15) is 29.5 Å². The summed E-state index contributed by atoms with van der Waals surface area (Å²) in [6.07, 6.45) is 2.37. The first-order valence-electron chi connectivity index (χ1n) is 7.08. The minimum Gasteiger partial charge on any atom is -0.496 e. The molecule has 0 amide bonds. The summed E-state index contributed by atoms with van der Waals surface area (Å²) in [7, 11) is 3.93. The Labute approximate surface area is 116 Å². The van der Waals surface area contributed by atoms with Crippen LogP contribution < -0.4 is 10.5 Å². The van der Waals surface area contributed by atoms with Crippen molar-refractivity contribution in [3.8, 4) is 5.75 Å². The van der Waals surface area contributed by atoms with E-state index in [-0.39, 0.29) is 0 Å². The van der Waals surface area contributed by atoms with E-state index < -0.39 is 0 Å². The van der Waals surface area contributed by atoms with Crippen LogP contribution in [0.25, 0.3) is 0 Å². The Bertz CT molecular complexity index is 439. The van der Waals surface area contributed by atoms with Crippen LogP contribution >= 0.6 is 0 Å². The highest BCUT2D eigenvalue weighted by Gasteiger charge is 2.26. The largest absolute Gasteiger partial charge is 0.496 e. The molecule has 0 atom stereocenters. The zero-order valence-electron chi connectivity index (χ0n) is 12.6. The molecular weight excluding hydrogens is 236 g/mol. The van der Waals surface area contributed by atoms with Gasteiger partial charge < -0.3 is 15.4 Å². The van der Waals surface area contributed by atoms with Crippen molar-refractivity contribution in [1.29, 1.82) is 0 Å². The smallest absolute Gasteiger partial charge is 0.122 e. The number of methoxy groups -OCH3 is 1. The lowest BCUT2D eigenvalue weighted by Crippen LogP contribution is -2.41. The highest BCUT2D eigenvalue weighted by atomic mass is 16.5. The van der Waals surface area contributed by atoms with E-state index in [0.717, 1.165) is 24.8 Å². The average molecular weight is 262 g/mol. The number of hydrogen-bond acceptors (Lipinski definition) is 3. The van der Waals surface area contributed by atoms with Crippen molar-refractivity contribution >= 4 is 0 Å². The molecule has 1 aliphatic rings. The fraction of sp³-hybridized carbons (Fsp3) is 0.625. The van der Waals surface area contributed by atoms with Gasteiger partial charge >= 0.3 is 0 Å². The normalized spacial score (nSPS) is 22.4. The van der Waals surface area contributed by atoms with Crippen molar-refractivity contribution in [3.05, 3.63) is 28.8 Å². The number of rotatable bonds is 5. The molecule has 19 heavy (non-hydrogen) atoms. The molecule has 0 saturated heterocycles. The maximum atomic E-state index is 5.84. The van der Waals surface area contributed by atoms with E-state index in [4.69, 9.17) is 10.5 Å². The average Bonchev–Trinajstić information content (AvgIpc) is 2.33. The Morgan fingerprint density at radius 3 is 2.53 bits per heavy atom. The maximum absolute atomic E-state index is 5.84. The van der Waals surface area contributed by atoms with E-state index in [2.05, 4.69) is 37.9 Å². The molecule has 1 saturated carbocycles. The van der Waals surface area contributed by atoms with Crippen molar-refractivity contribution in [3.63, 3.8) is 0 Å². The number of benzene rings is 1. The van der Waals surface area contributed by atoms with Crippen molar-refractivity contribution in [2.24, 2.45) is 11.7 Å². The Morgan fingerprint density at radius 1 is 1.26 bits per heavy atom. The van der Waals surface area contributed by atoms with Gasteiger partial charge in [0.1, 0.15) is 5.75 Å². The molecule has 0 radical (unpaired) electrons. The lowest BCUT2D eigenvalue weighted by molar-refractivity contribution is 0.178. The molecular formula is C16H26N2O. The molecule has 1 aromatic carbocycles. The predicted octanol–water partition coefficient (Wildman–Crippen LogP) is 2.48. The third-order valence-electron chi connectivity index (χ3n) is 4.35. The van der Waals surface area contributed by atoms with Crippen LogP contribution in [0.3, 0.4) is 0 Å². The van der Waals surface area contributed by atoms with E-state index in [1.54, 1.807) is 7.11 Å². The Hall–Kier alpha value is -1.06. The fourth-order valence-electron chi connectivity index (χ4n) is 2.98. The van der Waals surface area contributed by atoms with Crippen LogP contribution in [0.5, 0.6) is 5.75 Å². The predicted molar refractivity (Wildman–Crippen MR) is 79.5 cm³/mol. The van der Waals surface area contributed by atoms with Gasteiger partial charge in [0, 0.05) is 19.1 Å². The molecule has 3 heteroatoms. The lowest BCUT2D eigenvalue weighted by atomic mass is 9.80. The zero-order valence-corrected chi connectivity index (χ0v) is 12.6. The summed E-state index contributed by atoms with van der Waals surface area (Å²) in [6, 6.07) is 4.71. The van der Waals surface area contributed by atoms with Crippen LogP contribution in [0.4, 0.5) is 0 Å². The summed E-state index contributed by atoms with van der Waals surface area (Å²) in [6.45, 7) is 6.46. The Kier molecular flexibility index (Phi) is 4.48. The topological polar surface area (TPSA) is 38.5 Å². The SMILES string of the molecule is COc1ccc(CN(C)CC2CC(N)C2)c(C)c1C. The number of nitrogens with two attached hydrogens (primary N) is 1. The van der Waals surface area contributed by atoms with Gasteiger partial charge in [0.2, 0.25) is 0 Å². The van der Waals surface area contributed by atoms with Crippen molar-refractivity contribution in [1.82, 2.24) is 4.90 Å². The third kappa shape index (κ3) is 3.28. The fourth-order valence-corrected chi connectivity index (χ4v) is 2.98. The molecule has 1 aliphatic carbocycles. The van der Waals surface area contributed by atoms with Gasteiger partial charge in [0.05, 0.1) is 7.11 Å². The quantitative estimate of drug-likeness (QED) is 0.886. The number of ether oxygens (including phenoxy) is 1. The molecule has 3 nitrogen and oxygen atoms in total. The van der Waals surface area contributed by atoms with Gasteiger partial charge in [-0.15, -0.1) is 0 Å². The lowest BCUT2D eigenvalue weighted by Gasteiger charge is -2.35. The van der Waals surface area contributed by atoms with Gasteiger partial charge in [-0.1, -0.05) is 6.07 Å². The van der Waals surface area contributed by atoms with Crippen LogP contribution in [-0.4, -0.2) is 31.6 Å². The van der Waals surface area contributed by atoms with Crippen molar-refractivity contribution < 1.29 is 4.74 Å². The van der Waals surface area contributed by atoms with Crippen molar-refractivity contribution in [2.75, 3.05) is 20.7 Å². The summed E-state index contributed by atoms with van der Waals surface area (Å²) in [5.41, 5.74) is 9.83. The second-order valence-electron chi connectivity index (χ2n) is 5.97. The summed E-state index contributed by atoms with van der Waals surface area (Å²) >= 11 is 0. The summed E-state index contributed by atoms with van der Waals surface area (Å²) in [4.78, 5) is 2.41. The van der Waals surface area contributed by atoms with Crippen molar-refractivity contribution in [2.45, 2.75) is 39.3 Å². The van der Waals surface area contributed by atoms with Crippen LogP contribution in [0.2, 0.25) is 0 Å². The van der Waals surface area contributed by atoms with Crippen LogP contribution in [-0.2, 0) is 6.54 Å². The second-order valence-corrected chi connectivity index (χ2v) is 5.97. The Balaban J connectivity index is 1.96. The molecule has 0 spiro atoms. The zero-order chi connectivity index (χ0) is 14.0. The first-order chi connectivity index (χ1) is 9.01. The highest BCUT2D eigenvalue weighted by molar-refractivity contribution is 5.43. The summed E-state index contributed by atoms with van der Waals surface area (Å²) in [5, 5.41) is 0. The van der Waals surface area contributed by atoms with Gasteiger partial charge in [-0.3, -0.25) is 0 Å². The second kappa shape index (κ2) is 5.93. The van der Waals surface area contributed by atoms with E-state index in [9.17, 15) is 0 Å². The van der Waals surface area contributed by atoms with Crippen LogP contribution in [0, 0.1) is 19.8 Å². The van der Waals surface area contributed by atoms with Gasteiger partial charge in [0.25, 0.3) is 0 Å². The molecule has 106 valence electrons. The number of nitrogens with zero attached hydrogens (tertiary/aromatic N) is 1. The third-order valence-corrected chi connectivity index (χ3v) is 4.35. The van der Waals surface area contributed by atoms with Gasteiger partial charge in [0.15, 0.2) is 0 Å². The Morgan fingerprint density at radius 2 is 1.95 bits per heavy atom. The monoisotopic (exact) mass is 262 g/mol. The first-order valence-corrected chi connectivity index (χ1v) is 7.08. The molecule has 0 unspecified atom stereocenters. The molecule has 1 fully saturated rings. The van der Waals surface area contributed by atoms with Gasteiger partial charge in [-0.05, 0) is 62.4 Å². The molecule has 2 rings (SSSR count). The maximum Gasteiger partial charge on any atom is 0.122 e. The summed E-state index contributed by atoms with van der Waals surface area (Å²) in [5.74, 6) is 1.77. The van der Waals surface area contributed by atoms with Crippen LogP contribution in [0.15, 0.2) is 12.1 Å².